The molecule has 5 nitrogen and oxygen atoms in total. The third kappa shape index (κ3) is 6.70. The maximum atomic E-state index is 11.6. The standard InChI is InChI=1S/C12H19NO4S/c1-16-7-8-17-9-10-18(14,15)13-11-12-5-3-2-4-6-12/h2-6,13H,7-11H2,1H3. The highest BCUT2D eigenvalue weighted by molar-refractivity contribution is 7.89. The summed E-state index contributed by atoms with van der Waals surface area (Å²) in [6.07, 6.45) is 0. The van der Waals surface area contributed by atoms with E-state index < -0.39 is 10.0 Å². The van der Waals surface area contributed by atoms with Crippen LogP contribution < -0.4 is 4.72 Å². The third-order valence-corrected chi connectivity index (χ3v) is 3.56. The van der Waals surface area contributed by atoms with Crippen molar-refractivity contribution in [2.24, 2.45) is 0 Å². The zero-order chi connectivity index (χ0) is 13.3. The second-order valence-corrected chi connectivity index (χ2v) is 5.66. The molecular weight excluding hydrogens is 254 g/mol. The molecule has 6 heteroatoms. The van der Waals surface area contributed by atoms with E-state index in [1.165, 1.54) is 0 Å². The lowest BCUT2D eigenvalue weighted by Crippen LogP contribution is -2.28. The largest absolute Gasteiger partial charge is 0.382 e. The molecule has 0 amide bonds. The minimum absolute atomic E-state index is 0.0381. The quantitative estimate of drug-likeness (QED) is 0.675. The van der Waals surface area contributed by atoms with Crippen LogP contribution in [0.3, 0.4) is 0 Å². The summed E-state index contributed by atoms with van der Waals surface area (Å²) in [6.45, 7) is 1.36. The predicted octanol–water partition coefficient (Wildman–Crippen LogP) is 0.769. The molecule has 0 radical (unpaired) electrons. The first-order chi connectivity index (χ1) is 8.64. The van der Waals surface area contributed by atoms with Gasteiger partial charge in [-0.3, -0.25) is 0 Å². The number of ether oxygens (including phenoxy) is 2. The molecule has 0 saturated heterocycles. The van der Waals surface area contributed by atoms with Gasteiger partial charge in [-0.15, -0.1) is 0 Å². The number of methoxy groups -OCH3 is 1. The van der Waals surface area contributed by atoms with E-state index in [9.17, 15) is 8.42 Å². The number of hydrogen-bond donors (Lipinski definition) is 1. The monoisotopic (exact) mass is 273 g/mol. The topological polar surface area (TPSA) is 64.6 Å². The Balaban J connectivity index is 2.23. The van der Waals surface area contributed by atoms with Crippen LogP contribution in [0.15, 0.2) is 30.3 Å². The lowest BCUT2D eigenvalue weighted by molar-refractivity contribution is 0.0784. The highest BCUT2D eigenvalue weighted by Crippen LogP contribution is 1.98. The van der Waals surface area contributed by atoms with E-state index in [0.717, 1.165) is 5.56 Å². The molecular formula is C12H19NO4S. The summed E-state index contributed by atoms with van der Waals surface area (Å²) in [5.41, 5.74) is 0.932. The Labute approximate surface area is 108 Å². The summed E-state index contributed by atoms with van der Waals surface area (Å²) in [7, 11) is -1.71. The van der Waals surface area contributed by atoms with Gasteiger partial charge in [-0.25, -0.2) is 13.1 Å². The Kier molecular flexibility index (Phi) is 6.89. The van der Waals surface area contributed by atoms with Gasteiger partial charge in [-0.2, -0.15) is 0 Å². The van der Waals surface area contributed by atoms with E-state index in [4.69, 9.17) is 9.47 Å². The maximum Gasteiger partial charge on any atom is 0.214 e. The molecule has 0 unspecified atom stereocenters. The van der Waals surface area contributed by atoms with Gasteiger partial charge in [0.1, 0.15) is 0 Å². The molecule has 0 fully saturated rings. The van der Waals surface area contributed by atoms with E-state index in [0.29, 0.717) is 19.8 Å². The number of sulfonamides is 1. The Bertz CT molecular complexity index is 419. The van der Waals surface area contributed by atoms with E-state index in [-0.39, 0.29) is 12.4 Å². The normalized spacial score (nSPS) is 11.6. The van der Waals surface area contributed by atoms with Crippen molar-refractivity contribution in [1.29, 1.82) is 0 Å². The Morgan fingerprint density at radius 2 is 1.83 bits per heavy atom. The number of nitrogens with one attached hydrogen (secondary N) is 1. The molecule has 0 saturated carbocycles. The van der Waals surface area contributed by atoms with Gasteiger partial charge in [0.05, 0.1) is 25.6 Å². The SMILES string of the molecule is COCCOCCS(=O)(=O)NCc1ccccc1. The maximum absolute atomic E-state index is 11.6. The van der Waals surface area contributed by atoms with Crippen molar-refractivity contribution in [3.63, 3.8) is 0 Å². The first-order valence-electron chi connectivity index (χ1n) is 5.72. The number of benzene rings is 1. The molecule has 1 N–H and O–H groups in total. The van der Waals surface area contributed by atoms with Gasteiger partial charge >= 0.3 is 0 Å². The zero-order valence-corrected chi connectivity index (χ0v) is 11.3. The van der Waals surface area contributed by atoms with Crippen LogP contribution in [0.1, 0.15) is 5.56 Å². The molecule has 0 atom stereocenters. The minimum Gasteiger partial charge on any atom is -0.382 e. The van der Waals surface area contributed by atoms with E-state index in [1.807, 2.05) is 30.3 Å². The molecule has 0 aromatic heterocycles. The molecule has 0 aliphatic carbocycles. The van der Waals surface area contributed by atoms with E-state index in [1.54, 1.807) is 7.11 Å². The van der Waals surface area contributed by atoms with Crippen LogP contribution in [-0.4, -0.2) is 41.1 Å². The predicted molar refractivity (Wildman–Crippen MR) is 69.8 cm³/mol. The average Bonchev–Trinajstić information content (AvgIpc) is 2.38. The van der Waals surface area contributed by atoms with Gasteiger partial charge in [0, 0.05) is 13.7 Å². The van der Waals surface area contributed by atoms with Crippen molar-refractivity contribution >= 4 is 10.0 Å². The van der Waals surface area contributed by atoms with Crippen molar-refractivity contribution in [2.45, 2.75) is 6.54 Å². The van der Waals surface area contributed by atoms with Crippen LogP contribution in [0.25, 0.3) is 0 Å². The van der Waals surface area contributed by atoms with Gasteiger partial charge in [-0.05, 0) is 5.56 Å². The summed E-state index contributed by atoms with van der Waals surface area (Å²) in [5, 5.41) is 0. The van der Waals surface area contributed by atoms with Gasteiger partial charge in [-0.1, -0.05) is 30.3 Å². The first-order valence-corrected chi connectivity index (χ1v) is 7.37. The fourth-order valence-electron chi connectivity index (χ4n) is 1.27. The van der Waals surface area contributed by atoms with Crippen molar-refractivity contribution in [3.8, 4) is 0 Å². The lowest BCUT2D eigenvalue weighted by atomic mass is 10.2. The van der Waals surface area contributed by atoms with Gasteiger partial charge in [0.2, 0.25) is 10.0 Å². The van der Waals surface area contributed by atoms with Gasteiger partial charge in [0.15, 0.2) is 0 Å². The summed E-state index contributed by atoms with van der Waals surface area (Å²) < 4.78 is 35.7. The lowest BCUT2D eigenvalue weighted by Gasteiger charge is -2.07. The van der Waals surface area contributed by atoms with Crippen LogP contribution in [0.4, 0.5) is 0 Å². The summed E-state index contributed by atoms with van der Waals surface area (Å²) in [5.74, 6) is -0.0381. The molecule has 0 heterocycles. The first kappa shape index (κ1) is 15.1. The molecule has 18 heavy (non-hydrogen) atoms. The van der Waals surface area contributed by atoms with Crippen LogP contribution in [0.5, 0.6) is 0 Å². The van der Waals surface area contributed by atoms with Gasteiger partial charge < -0.3 is 9.47 Å². The smallest absolute Gasteiger partial charge is 0.214 e. The second kappa shape index (κ2) is 8.20. The van der Waals surface area contributed by atoms with E-state index in [2.05, 4.69) is 4.72 Å². The van der Waals surface area contributed by atoms with E-state index >= 15 is 0 Å². The number of rotatable bonds is 9. The Hall–Kier alpha value is -0.950. The highest BCUT2D eigenvalue weighted by atomic mass is 32.2. The van der Waals surface area contributed by atoms with Crippen molar-refractivity contribution in [1.82, 2.24) is 4.72 Å². The zero-order valence-electron chi connectivity index (χ0n) is 10.5. The average molecular weight is 273 g/mol. The summed E-state index contributed by atoms with van der Waals surface area (Å²) >= 11 is 0. The molecule has 0 bridgehead atoms. The van der Waals surface area contributed by atoms with Crippen LogP contribution >= 0.6 is 0 Å². The van der Waals surface area contributed by atoms with Crippen molar-refractivity contribution < 1.29 is 17.9 Å². The molecule has 102 valence electrons. The fourth-order valence-corrected chi connectivity index (χ4v) is 2.14. The molecule has 0 aliphatic heterocycles. The Morgan fingerprint density at radius 3 is 2.50 bits per heavy atom. The Morgan fingerprint density at radius 1 is 1.11 bits per heavy atom. The van der Waals surface area contributed by atoms with Crippen molar-refractivity contribution in [2.75, 3.05) is 32.7 Å². The number of hydrogen-bond acceptors (Lipinski definition) is 4. The molecule has 0 aliphatic rings. The molecule has 1 aromatic rings. The molecule has 1 rings (SSSR count). The molecule has 0 spiro atoms. The summed E-state index contributed by atoms with van der Waals surface area (Å²) in [4.78, 5) is 0. The van der Waals surface area contributed by atoms with Gasteiger partial charge in [0.25, 0.3) is 0 Å². The minimum atomic E-state index is -3.28. The molecule has 1 aromatic carbocycles. The summed E-state index contributed by atoms with van der Waals surface area (Å²) in [6, 6.07) is 9.38. The third-order valence-electron chi connectivity index (χ3n) is 2.27. The fraction of sp³-hybridized carbons (Fsp3) is 0.500. The van der Waals surface area contributed by atoms with Crippen LogP contribution in [0, 0.1) is 0 Å². The van der Waals surface area contributed by atoms with Crippen LogP contribution in [-0.2, 0) is 26.0 Å². The van der Waals surface area contributed by atoms with Crippen LogP contribution in [0.2, 0.25) is 0 Å². The van der Waals surface area contributed by atoms with Crippen molar-refractivity contribution in [3.05, 3.63) is 35.9 Å². The highest BCUT2D eigenvalue weighted by Gasteiger charge is 2.09. The second-order valence-electron chi connectivity index (χ2n) is 3.73.